The van der Waals surface area contributed by atoms with Crippen LogP contribution in [-0.4, -0.2) is 16.1 Å². The number of halogens is 2. The van der Waals surface area contributed by atoms with Crippen LogP contribution in [-0.2, 0) is 6.42 Å². The van der Waals surface area contributed by atoms with Crippen molar-refractivity contribution < 1.29 is 8.78 Å². The molecule has 0 saturated carbocycles. The van der Waals surface area contributed by atoms with Crippen LogP contribution in [0.25, 0.3) is 0 Å². The van der Waals surface area contributed by atoms with Crippen LogP contribution in [0.2, 0.25) is 0 Å². The van der Waals surface area contributed by atoms with E-state index >= 15 is 0 Å². The van der Waals surface area contributed by atoms with Gasteiger partial charge < -0.3 is 5.32 Å². The quantitative estimate of drug-likeness (QED) is 0.881. The lowest BCUT2D eigenvalue weighted by Crippen LogP contribution is -2.24. The Hall–Kier alpha value is -1.40. The second-order valence-corrected chi connectivity index (χ2v) is 5.98. The molecule has 1 heterocycles. The van der Waals surface area contributed by atoms with Crippen molar-refractivity contribution in [2.24, 2.45) is 0 Å². The van der Waals surface area contributed by atoms with Crippen molar-refractivity contribution in [2.75, 3.05) is 6.54 Å². The molecule has 2 aromatic rings. The average Bonchev–Trinajstić information content (AvgIpc) is 2.91. The normalized spacial score (nSPS) is 12.9. The van der Waals surface area contributed by atoms with E-state index in [9.17, 15) is 8.78 Å². The van der Waals surface area contributed by atoms with E-state index < -0.39 is 11.6 Å². The highest BCUT2D eigenvalue weighted by Crippen LogP contribution is 2.29. The number of aromatic nitrogens is 2. The van der Waals surface area contributed by atoms with Crippen molar-refractivity contribution in [1.29, 1.82) is 0 Å². The molecule has 0 aliphatic rings. The highest BCUT2D eigenvalue weighted by atomic mass is 32.1. The molecule has 0 saturated heterocycles. The van der Waals surface area contributed by atoms with Gasteiger partial charge in [-0.05, 0) is 42.5 Å². The highest BCUT2D eigenvalue weighted by molar-refractivity contribution is 7.05. The standard InChI is InChI=1S/C15H19F2N3S/c1-4-18-13(15-14(9(2)3)19-20-21-15)8-10-11(16)6-5-7-12(10)17/h5-7,9,13,18H,4,8H2,1-3H3. The third-order valence-corrected chi connectivity index (χ3v) is 4.18. The second-order valence-electron chi connectivity index (χ2n) is 5.19. The lowest BCUT2D eigenvalue weighted by atomic mass is 9.99. The molecule has 21 heavy (non-hydrogen) atoms. The minimum absolute atomic E-state index is 0.103. The molecule has 0 spiro atoms. The predicted molar refractivity (Wildman–Crippen MR) is 80.5 cm³/mol. The first-order chi connectivity index (χ1) is 10.0. The number of benzene rings is 1. The summed E-state index contributed by atoms with van der Waals surface area (Å²) in [4.78, 5) is 0.953. The third kappa shape index (κ3) is 3.63. The summed E-state index contributed by atoms with van der Waals surface area (Å²) < 4.78 is 31.7. The van der Waals surface area contributed by atoms with Gasteiger partial charge in [-0.2, -0.15) is 0 Å². The zero-order valence-corrected chi connectivity index (χ0v) is 13.2. The van der Waals surface area contributed by atoms with Gasteiger partial charge in [-0.15, -0.1) is 5.10 Å². The smallest absolute Gasteiger partial charge is 0.129 e. The Balaban J connectivity index is 2.33. The maximum Gasteiger partial charge on any atom is 0.129 e. The SMILES string of the molecule is CCNC(Cc1c(F)cccc1F)c1snnc1C(C)C. The Morgan fingerprint density at radius 1 is 1.24 bits per heavy atom. The van der Waals surface area contributed by atoms with Crippen LogP contribution >= 0.6 is 11.5 Å². The Labute approximate surface area is 127 Å². The van der Waals surface area contributed by atoms with Crippen molar-refractivity contribution >= 4 is 11.5 Å². The number of hydrogen-bond donors (Lipinski definition) is 1. The van der Waals surface area contributed by atoms with E-state index in [0.717, 1.165) is 10.6 Å². The molecule has 0 fully saturated rings. The topological polar surface area (TPSA) is 37.8 Å². The molecule has 1 aromatic heterocycles. The van der Waals surface area contributed by atoms with E-state index in [1.165, 1.54) is 29.7 Å². The van der Waals surface area contributed by atoms with Crippen molar-refractivity contribution in [3.63, 3.8) is 0 Å². The Morgan fingerprint density at radius 2 is 1.90 bits per heavy atom. The molecule has 0 aliphatic heterocycles. The van der Waals surface area contributed by atoms with Gasteiger partial charge in [-0.1, -0.05) is 31.3 Å². The summed E-state index contributed by atoms with van der Waals surface area (Å²) in [6.45, 7) is 6.74. The second kappa shape index (κ2) is 7.04. The van der Waals surface area contributed by atoms with E-state index in [1.54, 1.807) is 0 Å². The van der Waals surface area contributed by atoms with Crippen LogP contribution in [0.4, 0.5) is 8.78 Å². The summed E-state index contributed by atoms with van der Waals surface area (Å²) in [5.74, 6) is -0.798. The zero-order valence-electron chi connectivity index (χ0n) is 12.4. The van der Waals surface area contributed by atoms with Gasteiger partial charge in [0.2, 0.25) is 0 Å². The number of nitrogens with zero attached hydrogens (tertiary/aromatic N) is 2. The Bertz CT molecular complexity index is 578. The van der Waals surface area contributed by atoms with Crippen LogP contribution < -0.4 is 5.32 Å². The van der Waals surface area contributed by atoms with Crippen molar-refractivity contribution in [3.05, 3.63) is 46.0 Å². The lowest BCUT2D eigenvalue weighted by Gasteiger charge is -2.18. The van der Waals surface area contributed by atoms with E-state index in [0.29, 0.717) is 6.54 Å². The number of rotatable bonds is 6. The molecule has 0 radical (unpaired) electrons. The molecule has 114 valence electrons. The maximum atomic E-state index is 13.9. The summed E-state index contributed by atoms with van der Waals surface area (Å²) in [6, 6.07) is 3.77. The van der Waals surface area contributed by atoms with Gasteiger partial charge in [0.15, 0.2) is 0 Å². The molecule has 6 heteroatoms. The molecule has 1 N–H and O–H groups in total. The molecule has 1 aromatic carbocycles. The summed E-state index contributed by atoms with van der Waals surface area (Å²) in [5, 5.41) is 7.43. The first-order valence-electron chi connectivity index (χ1n) is 7.03. The van der Waals surface area contributed by atoms with Gasteiger partial charge in [0.1, 0.15) is 11.6 Å². The molecule has 1 atom stereocenters. The Kier molecular flexibility index (Phi) is 5.36. The first kappa shape index (κ1) is 16.0. The summed E-state index contributed by atoms with van der Waals surface area (Å²) in [5.41, 5.74) is 0.995. The van der Waals surface area contributed by atoms with Crippen molar-refractivity contribution in [2.45, 2.75) is 39.2 Å². The van der Waals surface area contributed by atoms with Gasteiger partial charge in [0.25, 0.3) is 0 Å². The third-order valence-electron chi connectivity index (χ3n) is 3.32. The van der Waals surface area contributed by atoms with Crippen molar-refractivity contribution in [1.82, 2.24) is 14.9 Å². The van der Waals surface area contributed by atoms with Gasteiger partial charge in [-0.25, -0.2) is 8.78 Å². The molecule has 3 nitrogen and oxygen atoms in total. The summed E-state index contributed by atoms with van der Waals surface area (Å²) in [6.07, 6.45) is 0.246. The van der Waals surface area contributed by atoms with Crippen LogP contribution in [0, 0.1) is 11.6 Å². The number of nitrogens with one attached hydrogen (secondary N) is 1. The lowest BCUT2D eigenvalue weighted by molar-refractivity contribution is 0.500. The summed E-state index contributed by atoms with van der Waals surface area (Å²) >= 11 is 1.29. The molecular weight excluding hydrogens is 292 g/mol. The molecular formula is C15H19F2N3S. The van der Waals surface area contributed by atoms with E-state index in [1.807, 2.05) is 20.8 Å². The van der Waals surface area contributed by atoms with Crippen LogP contribution in [0.5, 0.6) is 0 Å². The van der Waals surface area contributed by atoms with E-state index in [-0.39, 0.29) is 23.9 Å². The monoisotopic (exact) mass is 311 g/mol. The fourth-order valence-corrected chi connectivity index (χ4v) is 3.16. The average molecular weight is 311 g/mol. The van der Waals surface area contributed by atoms with Crippen LogP contribution in [0.1, 0.15) is 48.9 Å². The van der Waals surface area contributed by atoms with Gasteiger partial charge in [0, 0.05) is 11.6 Å². The van der Waals surface area contributed by atoms with Gasteiger partial charge in [0.05, 0.1) is 10.6 Å². The van der Waals surface area contributed by atoms with Crippen molar-refractivity contribution in [3.8, 4) is 0 Å². The largest absolute Gasteiger partial charge is 0.309 e. The Morgan fingerprint density at radius 3 is 2.48 bits per heavy atom. The highest BCUT2D eigenvalue weighted by Gasteiger charge is 2.23. The summed E-state index contributed by atoms with van der Waals surface area (Å²) in [7, 11) is 0. The fraction of sp³-hybridized carbons (Fsp3) is 0.467. The minimum Gasteiger partial charge on any atom is -0.309 e. The van der Waals surface area contributed by atoms with Crippen LogP contribution in [0.3, 0.4) is 0 Å². The minimum atomic E-state index is -0.513. The molecule has 0 bridgehead atoms. The molecule has 0 amide bonds. The molecule has 0 aliphatic carbocycles. The van der Waals surface area contributed by atoms with E-state index in [4.69, 9.17) is 0 Å². The number of hydrogen-bond acceptors (Lipinski definition) is 4. The number of likely N-dealkylation sites (N-methyl/N-ethyl adjacent to an activating group) is 1. The van der Waals surface area contributed by atoms with Crippen LogP contribution in [0.15, 0.2) is 18.2 Å². The predicted octanol–water partition coefficient (Wildman–Crippen LogP) is 3.83. The molecule has 2 rings (SSSR count). The van der Waals surface area contributed by atoms with E-state index in [2.05, 4.69) is 14.9 Å². The molecule has 1 unspecified atom stereocenters. The van der Waals surface area contributed by atoms with Gasteiger partial charge >= 0.3 is 0 Å². The fourth-order valence-electron chi connectivity index (χ4n) is 2.28. The zero-order chi connectivity index (χ0) is 15.4. The maximum absolute atomic E-state index is 13.9. The van der Waals surface area contributed by atoms with Gasteiger partial charge in [-0.3, -0.25) is 0 Å². The first-order valence-corrected chi connectivity index (χ1v) is 7.80.